The second kappa shape index (κ2) is 30.3. The molecule has 0 aliphatic carbocycles. The van der Waals surface area contributed by atoms with Gasteiger partial charge in [0.25, 0.3) is 10.1 Å². The molecule has 0 saturated heterocycles. The topological polar surface area (TPSA) is 173 Å². The molecule has 0 atom stereocenters. The average Bonchev–Trinajstić information content (AvgIpc) is 3.21. The quantitative estimate of drug-likeness (QED) is 0.0317. The molecule has 0 aromatic heterocycles. The summed E-state index contributed by atoms with van der Waals surface area (Å²) >= 11 is 0. The Balaban J connectivity index is 0.000000413. The van der Waals surface area contributed by atoms with E-state index in [1.54, 1.807) is 54.6 Å². The maximum Gasteiger partial charge on any atom is 2.00 e. The van der Waals surface area contributed by atoms with Gasteiger partial charge in [0.15, 0.2) is 11.5 Å². The molecule has 0 heterocycles. The predicted molar refractivity (Wildman–Crippen MR) is 242 cm³/mol. The summed E-state index contributed by atoms with van der Waals surface area (Å²) in [6.07, 6.45) is 25.1. The first-order valence-corrected chi connectivity index (χ1v) is 24.8. The van der Waals surface area contributed by atoms with Gasteiger partial charge in [0.05, 0.1) is 4.90 Å². The number of hydrogen-bond acceptors (Lipinski definition) is 9. The second-order valence-electron chi connectivity index (χ2n) is 15.5. The Morgan fingerprint density at radius 1 is 0.508 bits per heavy atom. The third kappa shape index (κ3) is 21.9. The van der Waals surface area contributed by atoms with E-state index in [1.807, 2.05) is 0 Å². The normalized spacial score (nSPS) is 11.3. The van der Waals surface area contributed by atoms with Crippen molar-refractivity contribution in [3.63, 3.8) is 0 Å². The van der Waals surface area contributed by atoms with Gasteiger partial charge in [-0.2, -0.15) is 8.42 Å². The Kier molecular flexibility index (Phi) is 27.0. The van der Waals surface area contributed by atoms with Gasteiger partial charge in [-0.1, -0.05) is 178 Å². The van der Waals surface area contributed by atoms with Crippen LogP contribution in [0.25, 0.3) is 0 Å². The molecule has 2 N–H and O–H groups in total. The molecule has 0 saturated carbocycles. The molecule has 0 amide bonds. The Morgan fingerprint density at radius 2 is 0.885 bits per heavy atom. The van der Waals surface area contributed by atoms with Crippen molar-refractivity contribution in [3.05, 3.63) is 96.1 Å². The van der Waals surface area contributed by atoms with Gasteiger partial charge in [0.1, 0.15) is 32.3 Å². The van der Waals surface area contributed by atoms with Crippen LogP contribution < -0.4 is 14.6 Å². The van der Waals surface area contributed by atoms with Crippen molar-refractivity contribution < 1.29 is 45.6 Å². The van der Waals surface area contributed by atoms with E-state index >= 15 is 0 Å². The van der Waals surface area contributed by atoms with Gasteiger partial charge in [-0.05, 0) is 73.2 Å². The molecule has 0 aliphatic rings. The van der Waals surface area contributed by atoms with E-state index < -0.39 is 20.2 Å². The van der Waals surface area contributed by atoms with E-state index in [2.05, 4.69) is 13.8 Å². The number of hydrogen-bond donors (Lipinski definition) is 2. The van der Waals surface area contributed by atoms with Crippen LogP contribution in [0.4, 0.5) is 0 Å². The number of unbranched alkanes of at least 4 members (excludes halogenated alkanes) is 18. The summed E-state index contributed by atoms with van der Waals surface area (Å²) in [4.78, 5) is -0.398. The summed E-state index contributed by atoms with van der Waals surface area (Å²) < 4.78 is 79.6. The van der Waals surface area contributed by atoms with Crippen molar-refractivity contribution in [2.75, 3.05) is 0 Å². The van der Waals surface area contributed by atoms with Gasteiger partial charge >= 0.3 is 37.7 Å². The molecule has 0 bridgehead atoms. The average molecular weight is 907 g/mol. The number of para-hydroxylation sites is 4. The van der Waals surface area contributed by atoms with Crippen molar-refractivity contribution in [2.45, 2.75) is 165 Å². The van der Waals surface area contributed by atoms with Crippen LogP contribution in [0.5, 0.6) is 34.5 Å². The monoisotopic (exact) mass is 906 g/mol. The number of aryl methyl sites for hydroxylation is 2. The molecule has 0 fully saturated rings. The molecule has 0 spiro atoms. The van der Waals surface area contributed by atoms with Crippen LogP contribution in [0, 0.1) is 0 Å². The van der Waals surface area contributed by atoms with E-state index in [4.69, 9.17) is 9.47 Å². The van der Waals surface area contributed by atoms with Crippen LogP contribution in [-0.4, -0.2) is 68.8 Å². The molecule has 4 rings (SSSR count). The summed E-state index contributed by atoms with van der Waals surface area (Å²) in [5.41, 5.74) is 1.09. The number of rotatable bonds is 28. The van der Waals surface area contributed by atoms with Gasteiger partial charge < -0.3 is 24.2 Å². The first-order valence-electron chi connectivity index (χ1n) is 21.9. The minimum absolute atomic E-state index is 0. The fraction of sp³-hybridized carbons (Fsp3) is 0.500. The standard InChI is InChI=1S/2C24H34O5S.Ca/c2*1-2-3-4-5-6-7-8-9-10-11-14-20-17-18-21(19-24(20)30(26,27)28)29-23-16-13-12-15-22(23)25;/h2*12-13,15-19,25H,2-11,14H2,1H3,(H,26,27,28);/q;;+2/p-2. The number of benzene rings is 4. The molecule has 61 heavy (non-hydrogen) atoms. The maximum absolute atomic E-state index is 11.9. The van der Waals surface area contributed by atoms with Crippen LogP contribution in [-0.2, 0) is 33.1 Å². The number of phenols is 1. The Labute approximate surface area is 396 Å². The van der Waals surface area contributed by atoms with E-state index in [1.165, 1.54) is 120 Å². The summed E-state index contributed by atoms with van der Waals surface area (Å²) in [5, 5.41) is 21.6. The molecule has 4 aromatic rings. The van der Waals surface area contributed by atoms with E-state index in [-0.39, 0.29) is 82.0 Å². The molecular weight excluding hydrogens is 841 g/mol. The Bertz CT molecular complexity index is 1910. The van der Waals surface area contributed by atoms with E-state index in [0.29, 0.717) is 24.0 Å². The molecule has 4 aromatic carbocycles. The third-order valence-corrected chi connectivity index (χ3v) is 12.2. The van der Waals surface area contributed by atoms with Crippen LogP contribution in [0.3, 0.4) is 0 Å². The van der Waals surface area contributed by atoms with Gasteiger partial charge in [-0.25, -0.2) is 8.42 Å². The van der Waals surface area contributed by atoms with Crippen molar-refractivity contribution >= 4 is 58.0 Å². The molecule has 0 radical (unpaired) electrons. The van der Waals surface area contributed by atoms with E-state index in [9.17, 15) is 36.2 Å². The summed E-state index contributed by atoms with van der Waals surface area (Å²) in [6, 6.07) is 21.6. The first-order chi connectivity index (χ1) is 28.8. The van der Waals surface area contributed by atoms with Gasteiger partial charge in [0.2, 0.25) is 0 Å². The van der Waals surface area contributed by atoms with Crippen LogP contribution in [0.2, 0.25) is 0 Å². The number of phenolic OH excluding ortho intramolecular Hbond substituents is 1. The zero-order valence-electron chi connectivity index (χ0n) is 36.3. The first kappa shape index (κ1) is 54.3. The minimum Gasteiger partial charge on any atom is -0.870 e. The molecule has 13 heteroatoms. The van der Waals surface area contributed by atoms with Gasteiger partial charge in [-0.15, -0.1) is 0 Å². The number of aromatic hydroxyl groups is 1. The maximum atomic E-state index is 11.9. The molecule has 10 nitrogen and oxygen atoms in total. The number of ether oxygens (including phenoxy) is 2. The zero-order valence-corrected chi connectivity index (χ0v) is 40.2. The smallest absolute Gasteiger partial charge is 0.870 e. The van der Waals surface area contributed by atoms with Crippen molar-refractivity contribution in [3.8, 4) is 34.5 Å². The summed E-state index contributed by atoms with van der Waals surface area (Å²) in [7, 11) is -8.99. The van der Waals surface area contributed by atoms with Gasteiger partial charge in [-0.3, -0.25) is 4.55 Å². The molecule has 0 unspecified atom stereocenters. The fourth-order valence-electron chi connectivity index (χ4n) is 7.02. The Morgan fingerprint density at radius 3 is 1.31 bits per heavy atom. The van der Waals surface area contributed by atoms with Crippen LogP contribution in [0.15, 0.2) is 94.7 Å². The van der Waals surface area contributed by atoms with Crippen molar-refractivity contribution in [2.24, 2.45) is 0 Å². The van der Waals surface area contributed by atoms with Crippen LogP contribution in [0.1, 0.15) is 153 Å². The summed E-state index contributed by atoms with van der Waals surface area (Å²) in [5.74, 6) is 0.379. The van der Waals surface area contributed by atoms with Crippen LogP contribution >= 0.6 is 0 Å². The fourth-order valence-corrected chi connectivity index (χ4v) is 8.54. The van der Waals surface area contributed by atoms with Gasteiger partial charge in [0, 0.05) is 6.07 Å². The zero-order chi connectivity index (χ0) is 43.6. The molecule has 332 valence electrons. The SMILES string of the molecule is CCCCCCCCCCCCc1ccc(Oc2ccccc2O)cc1S(=O)(=O)O.CCCCCCCCCCCCc1ccc(Oc2ccccc2[O-])cc1S(=O)(=O)[O-].[Ca+2]. The largest absolute Gasteiger partial charge is 2.00 e. The third-order valence-electron chi connectivity index (χ3n) is 10.4. The van der Waals surface area contributed by atoms with Crippen molar-refractivity contribution in [1.82, 2.24) is 0 Å². The van der Waals surface area contributed by atoms with Crippen molar-refractivity contribution in [1.29, 1.82) is 0 Å². The minimum atomic E-state index is -4.63. The molecule has 0 aliphatic heterocycles. The van der Waals surface area contributed by atoms with E-state index in [0.717, 1.165) is 38.5 Å². The predicted octanol–water partition coefficient (Wildman–Crippen LogP) is 12.4. The summed E-state index contributed by atoms with van der Waals surface area (Å²) in [6.45, 7) is 4.44. The molecular formula is C48H66CaO10S2. The second-order valence-corrected chi connectivity index (χ2v) is 18.2. The Hall–Kier alpha value is -2.84.